The lowest BCUT2D eigenvalue weighted by Gasteiger charge is -2.42. The molecule has 0 aromatic rings. The third kappa shape index (κ3) is 2.63. The van der Waals surface area contributed by atoms with Crippen LogP contribution in [-0.4, -0.2) is 69.8 Å². The highest BCUT2D eigenvalue weighted by Crippen LogP contribution is 2.43. The number of rotatable bonds is 1. The van der Waals surface area contributed by atoms with Crippen molar-refractivity contribution in [2.24, 2.45) is 4.99 Å². The van der Waals surface area contributed by atoms with Gasteiger partial charge in [-0.05, 0) is 6.92 Å². The number of thioether (sulfide) groups is 1. The summed E-state index contributed by atoms with van der Waals surface area (Å²) in [5.41, 5.74) is -3.71. The first-order valence-electron chi connectivity index (χ1n) is 6.08. The van der Waals surface area contributed by atoms with Gasteiger partial charge in [-0.1, -0.05) is 11.8 Å². The molecule has 1 saturated heterocycles. The molecule has 0 saturated carbocycles. The largest absolute Gasteiger partial charge is 0.419 e. The Kier molecular flexibility index (Phi) is 4.00. The molecular formula is C11H17F3N2O3S. The number of aliphatic imine (C=N–C) groups is 1. The number of nitrogens with zero attached hydrogens (tertiary/aromatic N) is 2. The number of hydrogen-bond acceptors (Lipinski definition) is 6. The molecule has 0 aromatic carbocycles. The van der Waals surface area contributed by atoms with Crippen LogP contribution in [-0.2, 0) is 4.74 Å². The van der Waals surface area contributed by atoms with Crippen molar-refractivity contribution in [3.05, 3.63) is 0 Å². The minimum Gasteiger partial charge on any atom is -0.390 e. The lowest BCUT2D eigenvalue weighted by molar-refractivity contribution is -0.309. The van der Waals surface area contributed by atoms with E-state index in [0.717, 1.165) is 0 Å². The number of hydrogen-bond donors (Lipinski definition) is 2. The summed E-state index contributed by atoms with van der Waals surface area (Å²) in [6.07, 6.45) is -7.97. The maximum atomic E-state index is 12.9. The van der Waals surface area contributed by atoms with Crippen LogP contribution in [0.4, 0.5) is 13.2 Å². The second kappa shape index (κ2) is 5.04. The van der Waals surface area contributed by atoms with Gasteiger partial charge in [0.25, 0.3) is 0 Å². The zero-order valence-corrected chi connectivity index (χ0v) is 12.1. The van der Waals surface area contributed by atoms with E-state index in [-0.39, 0.29) is 6.42 Å². The van der Waals surface area contributed by atoms with Crippen LogP contribution in [0.5, 0.6) is 0 Å². The average Bonchev–Trinajstić information content (AvgIpc) is 2.68. The number of alkyl halides is 3. The molecule has 1 fully saturated rings. The number of amidine groups is 1. The van der Waals surface area contributed by atoms with Crippen LogP contribution in [0.3, 0.4) is 0 Å². The SMILES string of the molecule is CN(C)C1=N[C@@H]2C[C@H](O)C(C(C)(O)C(F)(F)F)O[C@@H]2S1. The van der Waals surface area contributed by atoms with E-state index in [2.05, 4.69) is 4.99 Å². The number of fused-ring (bicyclic) bond motifs is 1. The van der Waals surface area contributed by atoms with Crippen molar-refractivity contribution in [3.8, 4) is 0 Å². The van der Waals surface area contributed by atoms with E-state index in [0.29, 0.717) is 12.1 Å². The fourth-order valence-electron chi connectivity index (χ4n) is 2.19. The first kappa shape index (κ1) is 15.9. The number of aliphatic hydroxyl groups is 2. The molecule has 2 aliphatic heterocycles. The summed E-state index contributed by atoms with van der Waals surface area (Å²) in [6.45, 7) is 0.620. The third-order valence-corrected chi connectivity index (χ3v) is 4.77. The summed E-state index contributed by atoms with van der Waals surface area (Å²) in [5.74, 6) is 0. The quantitative estimate of drug-likeness (QED) is 0.750. The van der Waals surface area contributed by atoms with Crippen molar-refractivity contribution in [1.29, 1.82) is 0 Å². The molecular weight excluding hydrogens is 297 g/mol. The zero-order valence-electron chi connectivity index (χ0n) is 11.3. The molecule has 0 spiro atoms. The predicted molar refractivity (Wildman–Crippen MR) is 68.5 cm³/mol. The molecule has 0 aromatic heterocycles. The van der Waals surface area contributed by atoms with Gasteiger partial charge in [-0.2, -0.15) is 13.2 Å². The molecule has 0 radical (unpaired) electrons. The highest BCUT2D eigenvalue weighted by Gasteiger charge is 2.60. The van der Waals surface area contributed by atoms with E-state index < -0.39 is 35.5 Å². The number of halogens is 3. The van der Waals surface area contributed by atoms with Gasteiger partial charge in [0.1, 0.15) is 11.5 Å². The van der Waals surface area contributed by atoms with Crippen molar-refractivity contribution >= 4 is 16.9 Å². The van der Waals surface area contributed by atoms with Crippen LogP contribution in [0, 0.1) is 0 Å². The van der Waals surface area contributed by atoms with Crippen LogP contribution >= 0.6 is 11.8 Å². The van der Waals surface area contributed by atoms with Gasteiger partial charge in [0.05, 0.1) is 12.1 Å². The molecule has 5 atom stereocenters. The summed E-state index contributed by atoms with van der Waals surface area (Å²) in [4.78, 5) is 6.03. The molecule has 2 rings (SSSR count). The van der Waals surface area contributed by atoms with Crippen LogP contribution < -0.4 is 0 Å². The van der Waals surface area contributed by atoms with Crippen molar-refractivity contribution < 1.29 is 28.1 Å². The second-order valence-corrected chi connectivity index (χ2v) is 6.43. The van der Waals surface area contributed by atoms with Crippen LogP contribution in [0.15, 0.2) is 4.99 Å². The van der Waals surface area contributed by atoms with E-state index in [4.69, 9.17) is 4.74 Å². The van der Waals surface area contributed by atoms with Gasteiger partial charge >= 0.3 is 6.18 Å². The Bertz CT molecular complexity index is 414. The van der Waals surface area contributed by atoms with Gasteiger partial charge < -0.3 is 19.8 Å². The lowest BCUT2D eigenvalue weighted by atomic mass is 9.88. The van der Waals surface area contributed by atoms with Gasteiger partial charge in [-0.3, -0.25) is 4.99 Å². The highest BCUT2D eigenvalue weighted by atomic mass is 32.2. The molecule has 2 N–H and O–H groups in total. The molecule has 5 nitrogen and oxygen atoms in total. The Morgan fingerprint density at radius 3 is 2.50 bits per heavy atom. The molecule has 2 aliphatic rings. The van der Waals surface area contributed by atoms with Gasteiger partial charge in [-0.15, -0.1) is 0 Å². The smallest absolute Gasteiger partial charge is 0.390 e. The molecule has 116 valence electrons. The highest BCUT2D eigenvalue weighted by molar-refractivity contribution is 8.14. The number of ether oxygens (including phenoxy) is 1. The van der Waals surface area contributed by atoms with E-state index in [1.54, 1.807) is 19.0 Å². The Morgan fingerprint density at radius 2 is 2.00 bits per heavy atom. The second-order valence-electron chi connectivity index (χ2n) is 5.36. The molecule has 20 heavy (non-hydrogen) atoms. The summed E-state index contributed by atoms with van der Waals surface area (Å²) in [7, 11) is 3.53. The summed E-state index contributed by atoms with van der Waals surface area (Å²) >= 11 is 1.20. The minimum absolute atomic E-state index is 0.0336. The van der Waals surface area contributed by atoms with Gasteiger partial charge in [0, 0.05) is 20.5 Å². The molecule has 9 heteroatoms. The average molecular weight is 314 g/mol. The van der Waals surface area contributed by atoms with Crippen LogP contribution in [0.2, 0.25) is 0 Å². The van der Waals surface area contributed by atoms with E-state index >= 15 is 0 Å². The summed E-state index contributed by atoms with van der Waals surface area (Å²) < 4.78 is 43.9. The zero-order chi connectivity index (χ0) is 15.3. The van der Waals surface area contributed by atoms with Crippen LogP contribution in [0.1, 0.15) is 13.3 Å². The Hall–Kier alpha value is -0.510. The minimum atomic E-state index is -4.88. The molecule has 0 aliphatic carbocycles. The lowest BCUT2D eigenvalue weighted by Crippen LogP contribution is -2.61. The van der Waals surface area contributed by atoms with Crippen molar-refractivity contribution in [1.82, 2.24) is 4.90 Å². The Labute approximate surface area is 118 Å². The number of aliphatic hydroxyl groups excluding tert-OH is 1. The topological polar surface area (TPSA) is 65.3 Å². The Balaban J connectivity index is 2.15. The predicted octanol–water partition coefficient (Wildman–Crippen LogP) is 0.809. The molecule has 2 unspecified atom stereocenters. The van der Waals surface area contributed by atoms with Crippen molar-refractivity contribution in [2.75, 3.05) is 14.1 Å². The van der Waals surface area contributed by atoms with Crippen LogP contribution in [0.25, 0.3) is 0 Å². The summed E-state index contributed by atoms with van der Waals surface area (Å²) in [5, 5.41) is 20.2. The third-order valence-electron chi connectivity index (χ3n) is 3.44. The molecule has 0 amide bonds. The van der Waals surface area contributed by atoms with Gasteiger partial charge in [0.2, 0.25) is 0 Å². The van der Waals surface area contributed by atoms with E-state index in [1.807, 2.05) is 0 Å². The standard InChI is InChI=1S/C11H17F3N2O3S/c1-10(18,11(12,13)14)7-6(17)4-5-8(19-7)20-9(15-5)16(2)3/h5-8,17-18H,4H2,1-3H3/t5-,6+,7?,8-,10?/m1/s1. The molecule has 0 bridgehead atoms. The van der Waals surface area contributed by atoms with E-state index in [1.165, 1.54) is 11.8 Å². The Morgan fingerprint density at radius 1 is 1.40 bits per heavy atom. The maximum absolute atomic E-state index is 12.9. The van der Waals surface area contributed by atoms with E-state index in [9.17, 15) is 23.4 Å². The van der Waals surface area contributed by atoms with Gasteiger partial charge in [-0.25, -0.2) is 0 Å². The first-order valence-corrected chi connectivity index (χ1v) is 6.96. The monoisotopic (exact) mass is 314 g/mol. The molecule has 2 heterocycles. The summed E-state index contributed by atoms with van der Waals surface area (Å²) in [6, 6.07) is -0.396. The van der Waals surface area contributed by atoms with Crippen molar-refractivity contribution in [2.45, 2.75) is 48.8 Å². The van der Waals surface area contributed by atoms with Crippen molar-refractivity contribution in [3.63, 3.8) is 0 Å². The first-order chi connectivity index (χ1) is 9.04. The maximum Gasteiger partial charge on any atom is 0.419 e. The fraction of sp³-hybridized carbons (Fsp3) is 0.909. The van der Waals surface area contributed by atoms with Gasteiger partial charge in [0.15, 0.2) is 10.8 Å². The normalized spacial score (nSPS) is 37.1. The fourth-order valence-corrected chi connectivity index (χ4v) is 3.31.